The van der Waals surface area contributed by atoms with Gasteiger partial charge in [-0.3, -0.25) is 4.79 Å². The van der Waals surface area contributed by atoms with Gasteiger partial charge in [-0.25, -0.2) is 0 Å². The summed E-state index contributed by atoms with van der Waals surface area (Å²) in [6, 6.07) is 6.99. The molecule has 1 amide bonds. The number of aromatic amines is 1. The highest BCUT2D eigenvalue weighted by atomic mass is 16.2. The van der Waals surface area contributed by atoms with E-state index in [1.807, 2.05) is 0 Å². The average Bonchev–Trinajstić information content (AvgIpc) is 3.24. The molecule has 2 saturated heterocycles. The molecule has 1 aromatic carbocycles. The fraction of sp³-hybridized carbons (Fsp3) is 0.545. The van der Waals surface area contributed by atoms with Crippen LogP contribution in [-0.2, 0) is 4.79 Å². The molecule has 0 saturated carbocycles. The molecule has 0 unspecified atom stereocenters. The molecule has 0 spiro atoms. The molecule has 2 aliphatic rings. The molecule has 0 bridgehead atoms. The van der Waals surface area contributed by atoms with Crippen LogP contribution in [0.25, 0.3) is 16.5 Å². The Morgan fingerprint density at radius 2 is 1.73 bits per heavy atom. The van der Waals surface area contributed by atoms with E-state index in [1.54, 1.807) is 0 Å². The Bertz CT molecular complexity index is 1210. The first-order valence-electron chi connectivity index (χ1n) is 14.1. The molecule has 2 aliphatic heterocycles. The van der Waals surface area contributed by atoms with Crippen LogP contribution < -0.4 is 0 Å². The molecule has 1 N–H and O–H groups in total. The molecule has 3 heterocycles. The Balaban J connectivity index is 1.57. The number of amides is 1. The first-order valence-corrected chi connectivity index (χ1v) is 14.1. The van der Waals surface area contributed by atoms with E-state index in [9.17, 15) is 4.79 Å². The number of hydrogen-bond acceptors (Lipinski definition) is 2. The first-order chi connectivity index (χ1) is 17.5. The second-order valence-electron chi connectivity index (χ2n) is 12.5. The van der Waals surface area contributed by atoms with Crippen LogP contribution in [0.2, 0.25) is 0 Å². The summed E-state index contributed by atoms with van der Waals surface area (Å²) >= 11 is 0. The molecular weight excluding hydrogens is 454 g/mol. The zero-order chi connectivity index (χ0) is 26.9. The minimum absolute atomic E-state index is 0.188. The van der Waals surface area contributed by atoms with Crippen molar-refractivity contribution in [2.24, 2.45) is 5.41 Å². The number of hydrogen-bond donors (Lipinski definition) is 1. The third-order valence-corrected chi connectivity index (χ3v) is 8.44. The molecule has 4 nitrogen and oxygen atoms in total. The number of H-pyrrole nitrogens is 1. The molecule has 200 valence electrons. The standard InChI is InChI=1S/C33H47N3O/c1-22(2)19-27(20-23(3)4)31-30(24(5)6)28-21-26(9-10-29(28)34-31)25-11-15-36(16-12-25)32(37)33(7)13-17-35(8)18-14-33/h9-10,19-21,24-25,34H,1,11-18H2,2-8H3/b27-19+. The Morgan fingerprint density at radius 1 is 1.08 bits per heavy atom. The summed E-state index contributed by atoms with van der Waals surface area (Å²) in [4.78, 5) is 21.7. The van der Waals surface area contributed by atoms with Crippen molar-refractivity contribution in [1.82, 2.24) is 14.8 Å². The second kappa shape index (κ2) is 11.0. The summed E-state index contributed by atoms with van der Waals surface area (Å²) in [6.45, 7) is 21.0. The number of likely N-dealkylation sites (tertiary alicyclic amines) is 2. The lowest BCUT2D eigenvalue weighted by Crippen LogP contribution is -2.50. The van der Waals surface area contributed by atoms with Gasteiger partial charge in [0.1, 0.15) is 0 Å². The van der Waals surface area contributed by atoms with Gasteiger partial charge in [-0.15, -0.1) is 0 Å². The molecule has 4 heteroatoms. The van der Waals surface area contributed by atoms with Crippen LogP contribution >= 0.6 is 0 Å². The smallest absolute Gasteiger partial charge is 0.228 e. The highest BCUT2D eigenvalue weighted by Crippen LogP contribution is 2.39. The van der Waals surface area contributed by atoms with Gasteiger partial charge in [0.15, 0.2) is 0 Å². The van der Waals surface area contributed by atoms with E-state index in [-0.39, 0.29) is 5.41 Å². The number of allylic oxidation sites excluding steroid dienone is 5. The van der Waals surface area contributed by atoms with Crippen molar-refractivity contribution in [2.75, 3.05) is 33.2 Å². The lowest BCUT2D eigenvalue weighted by atomic mass is 9.78. The van der Waals surface area contributed by atoms with E-state index in [4.69, 9.17) is 0 Å². The van der Waals surface area contributed by atoms with Gasteiger partial charge in [-0.1, -0.05) is 56.7 Å². The maximum Gasteiger partial charge on any atom is 0.228 e. The van der Waals surface area contributed by atoms with Gasteiger partial charge in [0.25, 0.3) is 0 Å². The number of nitrogens with zero attached hydrogens (tertiary/aromatic N) is 2. The van der Waals surface area contributed by atoms with Crippen LogP contribution in [-0.4, -0.2) is 53.9 Å². The summed E-state index contributed by atoms with van der Waals surface area (Å²) < 4.78 is 0. The van der Waals surface area contributed by atoms with Gasteiger partial charge in [0.2, 0.25) is 5.91 Å². The number of piperidine rings is 2. The quantitative estimate of drug-likeness (QED) is 0.413. The maximum absolute atomic E-state index is 13.4. The summed E-state index contributed by atoms with van der Waals surface area (Å²) in [5.74, 6) is 1.27. The number of aromatic nitrogens is 1. The second-order valence-corrected chi connectivity index (χ2v) is 12.5. The van der Waals surface area contributed by atoms with Crippen LogP contribution in [0.1, 0.15) is 95.9 Å². The van der Waals surface area contributed by atoms with Crippen molar-refractivity contribution in [1.29, 1.82) is 0 Å². The number of rotatable bonds is 6. The number of benzene rings is 1. The van der Waals surface area contributed by atoms with Crippen LogP contribution in [0.3, 0.4) is 0 Å². The van der Waals surface area contributed by atoms with Crippen molar-refractivity contribution in [3.05, 3.63) is 64.9 Å². The van der Waals surface area contributed by atoms with Crippen LogP contribution in [0.15, 0.2) is 48.1 Å². The number of fused-ring (bicyclic) bond motifs is 1. The van der Waals surface area contributed by atoms with Gasteiger partial charge >= 0.3 is 0 Å². The molecule has 0 radical (unpaired) electrons. The van der Waals surface area contributed by atoms with Gasteiger partial charge in [-0.2, -0.15) is 0 Å². The summed E-state index contributed by atoms with van der Waals surface area (Å²) in [5, 5.41) is 1.33. The SMILES string of the molecule is C=C(C)/C=C(\C=C(C)C)c1[nH]c2ccc(C3CCN(C(=O)C4(C)CCN(C)CC4)CC3)cc2c1C(C)C. The Kier molecular flexibility index (Phi) is 8.18. The zero-order valence-corrected chi connectivity index (χ0v) is 24.2. The van der Waals surface area contributed by atoms with E-state index < -0.39 is 0 Å². The van der Waals surface area contributed by atoms with Gasteiger partial charge in [-0.05, 0) is 107 Å². The van der Waals surface area contributed by atoms with Crippen molar-refractivity contribution >= 4 is 22.4 Å². The highest BCUT2D eigenvalue weighted by molar-refractivity contribution is 5.92. The molecule has 4 rings (SSSR count). The topological polar surface area (TPSA) is 39.3 Å². The first kappa shape index (κ1) is 27.4. The predicted molar refractivity (Wildman–Crippen MR) is 158 cm³/mol. The van der Waals surface area contributed by atoms with Crippen molar-refractivity contribution in [3.63, 3.8) is 0 Å². The van der Waals surface area contributed by atoms with Crippen LogP contribution in [0.5, 0.6) is 0 Å². The molecule has 2 aromatic rings. The van der Waals surface area contributed by atoms with E-state index in [1.165, 1.54) is 38.9 Å². The van der Waals surface area contributed by atoms with Gasteiger partial charge < -0.3 is 14.8 Å². The maximum atomic E-state index is 13.4. The van der Waals surface area contributed by atoms with Crippen molar-refractivity contribution < 1.29 is 4.79 Å². The normalized spacial score (nSPS) is 19.5. The molecule has 1 aromatic heterocycles. The van der Waals surface area contributed by atoms with Gasteiger partial charge in [0.05, 0.1) is 0 Å². The van der Waals surface area contributed by atoms with Crippen molar-refractivity contribution in [2.45, 2.75) is 79.1 Å². The lowest BCUT2D eigenvalue weighted by Gasteiger charge is -2.42. The largest absolute Gasteiger partial charge is 0.354 e. The number of nitrogens with one attached hydrogen (secondary N) is 1. The number of carbonyl (C=O) groups excluding carboxylic acids is 1. The summed E-state index contributed by atoms with van der Waals surface area (Å²) in [5.41, 5.74) is 8.52. The highest BCUT2D eigenvalue weighted by Gasteiger charge is 2.40. The average molecular weight is 502 g/mol. The third kappa shape index (κ3) is 5.95. The monoisotopic (exact) mass is 501 g/mol. The molecule has 0 aliphatic carbocycles. The molecule has 0 atom stereocenters. The van der Waals surface area contributed by atoms with E-state index in [0.717, 1.165) is 57.4 Å². The molecule has 2 fully saturated rings. The van der Waals surface area contributed by atoms with E-state index in [2.05, 4.69) is 100 Å². The lowest BCUT2D eigenvalue weighted by molar-refractivity contribution is -0.145. The third-order valence-electron chi connectivity index (χ3n) is 8.44. The minimum Gasteiger partial charge on any atom is -0.354 e. The van der Waals surface area contributed by atoms with E-state index >= 15 is 0 Å². The van der Waals surface area contributed by atoms with Crippen LogP contribution in [0, 0.1) is 5.41 Å². The Labute approximate surface area is 224 Å². The molecule has 37 heavy (non-hydrogen) atoms. The Hall–Kier alpha value is -2.59. The fourth-order valence-corrected chi connectivity index (χ4v) is 6.20. The van der Waals surface area contributed by atoms with E-state index in [0.29, 0.717) is 17.7 Å². The summed E-state index contributed by atoms with van der Waals surface area (Å²) in [6.07, 6.45) is 8.47. The summed E-state index contributed by atoms with van der Waals surface area (Å²) in [7, 11) is 2.16. The van der Waals surface area contributed by atoms with Crippen molar-refractivity contribution in [3.8, 4) is 0 Å². The number of carbonyl (C=O) groups is 1. The zero-order valence-electron chi connectivity index (χ0n) is 24.2. The van der Waals surface area contributed by atoms with Crippen LogP contribution in [0.4, 0.5) is 0 Å². The minimum atomic E-state index is -0.188. The van der Waals surface area contributed by atoms with Gasteiger partial charge in [0, 0.05) is 35.1 Å². The molecular formula is C33H47N3O. The fourth-order valence-electron chi connectivity index (χ4n) is 6.20. The predicted octanol–water partition coefficient (Wildman–Crippen LogP) is 7.65. The Morgan fingerprint density at radius 3 is 2.30 bits per heavy atom.